The molecule has 2 heterocycles. The Bertz CT molecular complexity index is 568. The number of nitrogen functional groups attached to an aromatic ring is 1. The first kappa shape index (κ1) is 12.2. The van der Waals surface area contributed by atoms with Crippen molar-refractivity contribution in [3.63, 3.8) is 0 Å². The molecule has 2 aromatic rings. The Balaban J connectivity index is 2.13. The normalized spacial score (nSPS) is 12.6. The largest absolute Gasteiger partial charge is 0.382 e. The summed E-state index contributed by atoms with van der Waals surface area (Å²) in [6.07, 6.45) is 1.67. The summed E-state index contributed by atoms with van der Waals surface area (Å²) < 4.78 is 1.65. The molecule has 9 nitrogen and oxygen atoms in total. The monoisotopic (exact) mass is 252 g/mol. The number of anilines is 1. The number of rotatable bonds is 4. The number of fused-ring (bicyclic) bond motifs is 1. The molecule has 2 rings (SSSR count). The van der Waals surface area contributed by atoms with Crippen LogP contribution in [0.3, 0.4) is 0 Å². The third-order valence-corrected chi connectivity index (χ3v) is 2.46. The lowest BCUT2D eigenvalue weighted by molar-refractivity contribution is -0.154. The average Bonchev–Trinajstić information content (AvgIpc) is 2.79. The molecule has 0 fully saturated rings. The van der Waals surface area contributed by atoms with Gasteiger partial charge >= 0.3 is 5.97 Å². The number of aryl methyl sites for hydroxylation is 1. The van der Waals surface area contributed by atoms with Gasteiger partial charge in [-0.15, -0.1) is 0 Å². The van der Waals surface area contributed by atoms with E-state index in [1.54, 1.807) is 4.57 Å². The standard InChI is InChI=1S/C9H12N6O3/c10-7-6-8(13-3-12-7)15(4-14-6)2-1-5(16)9(17)18-11/h3-5,16H,1-2,11H2,(H2,10,12,13). The number of hydrogen-bond donors (Lipinski definition) is 3. The number of aromatic nitrogens is 4. The summed E-state index contributed by atoms with van der Waals surface area (Å²) in [5.41, 5.74) is 6.65. The van der Waals surface area contributed by atoms with E-state index in [0.717, 1.165) is 0 Å². The molecular formula is C9H12N6O3. The van der Waals surface area contributed by atoms with Gasteiger partial charge in [0.15, 0.2) is 17.6 Å². The lowest BCUT2D eigenvalue weighted by Crippen LogP contribution is -2.26. The van der Waals surface area contributed by atoms with Crippen LogP contribution in [-0.4, -0.2) is 36.7 Å². The Kier molecular flexibility index (Phi) is 3.35. The second-order valence-corrected chi connectivity index (χ2v) is 3.61. The predicted octanol–water partition coefficient (Wildman–Crippen LogP) is -1.42. The van der Waals surface area contributed by atoms with E-state index < -0.39 is 12.1 Å². The van der Waals surface area contributed by atoms with Gasteiger partial charge in [-0.3, -0.25) is 0 Å². The van der Waals surface area contributed by atoms with Crippen LogP contribution in [0.25, 0.3) is 11.2 Å². The van der Waals surface area contributed by atoms with E-state index in [4.69, 9.17) is 5.73 Å². The van der Waals surface area contributed by atoms with Crippen LogP contribution in [-0.2, 0) is 16.2 Å². The third kappa shape index (κ3) is 2.21. The maximum atomic E-state index is 10.9. The smallest absolute Gasteiger partial charge is 0.353 e. The molecule has 0 aliphatic heterocycles. The van der Waals surface area contributed by atoms with Gasteiger partial charge in [0.1, 0.15) is 11.8 Å². The van der Waals surface area contributed by atoms with Gasteiger partial charge in [0, 0.05) is 13.0 Å². The fourth-order valence-corrected chi connectivity index (χ4v) is 1.52. The highest BCUT2D eigenvalue weighted by molar-refractivity contribution is 5.81. The van der Waals surface area contributed by atoms with Crippen LogP contribution in [0.5, 0.6) is 0 Å². The lowest BCUT2D eigenvalue weighted by Gasteiger charge is -2.08. The number of hydrogen-bond acceptors (Lipinski definition) is 8. The Morgan fingerprint density at radius 2 is 2.28 bits per heavy atom. The zero-order valence-electron chi connectivity index (χ0n) is 9.35. The van der Waals surface area contributed by atoms with E-state index in [-0.39, 0.29) is 12.2 Å². The molecule has 0 radical (unpaired) electrons. The number of nitrogens with zero attached hydrogens (tertiary/aromatic N) is 4. The van der Waals surface area contributed by atoms with Crippen molar-refractivity contribution >= 4 is 23.0 Å². The minimum Gasteiger partial charge on any atom is -0.382 e. The van der Waals surface area contributed by atoms with Gasteiger partial charge in [-0.25, -0.2) is 19.7 Å². The van der Waals surface area contributed by atoms with Crippen LogP contribution < -0.4 is 11.6 Å². The Morgan fingerprint density at radius 3 is 3.00 bits per heavy atom. The number of carbonyl (C=O) groups excluding carboxylic acids is 1. The Hall–Kier alpha value is -2.26. The molecule has 0 aromatic carbocycles. The van der Waals surface area contributed by atoms with E-state index >= 15 is 0 Å². The van der Waals surface area contributed by atoms with Crippen molar-refractivity contribution in [3.05, 3.63) is 12.7 Å². The summed E-state index contributed by atoms with van der Waals surface area (Å²) in [5.74, 6) is 4.06. The van der Waals surface area contributed by atoms with E-state index in [2.05, 4.69) is 25.7 Å². The number of nitrogens with two attached hydrogens (primary N) is 2. The van der Waals surface area contributed by atoms with Crippen LogP contribution >= 0.6 is 0 Å². The number of carbonyl (C=O) groups is 1. The fraction of sp³-hybridized carbons (Fsp3) is 0.333. The van der Waals surface area contributed by atoms with Gasteiger partial charge in [0.25, 0.3) is 0 Å². The van der Waals surface area contributed by atoms with Crippen LogP contribution in [0.1, 0.15) is 6.42 Å². The number of aliphatic hydroxyl groups is 1. The summed E-state index contributed by atoms with van der Waals surface area (Å²) >= 11 is 0. The zero-order valence-corrected chi connectivity index (χ0v) is 9.35. The quantitative estimate of drug-likeness (QED) is 0.562. The Morgan fingerprint density at radius 1 is 1.50 bits per heavy atom. The first-order chi connectivity index (χ1) is 8.63. The third-order valence-electron chi connectivity index (χ3n) is 2.46. The van der Waals surface area contributed by atoms with Gasteiger partial charge in [-0.1, -0.05) is 0 Å². The summed E-state index contributed by atoms with van der Waals surface area (Å²) in [4.78, 5) is 26.7. The van der Waals surface area contributed by atoms with Crippen LogP contribution in [0.4, 0.5) is 5.82 Å². The minimum atomic E-state index is -1.29. The molecule has 0 spiro atoms. The van der Waals surface area contributed by atoms with Gasteiger partial charge in [0.2, 0.25) is 0 Å². The molecule has 2 aromatic heterocycles. The highest BCUT2D eigenvalue weighted by Gasteiger charge is 2.16. The molecule has 1 unspecified atom stereocenters. The molecule has 0 saturated carbocycles. The predicted molar refractivity (Wildman–Crippen MR) is 60.6 cm³/mol. The van der Waals surface area contributed by atoms with Crippen molar-refractivity contribution in [3.8, 4) is 0 Å². The van der Waals surface area contributed by atoms with Crippen LogP contribution in [0.2, 0.25) is 0 Å². The second kappa shape index (κ2) is 4.94. The highest BCUT2D eigenvalue weighted by atomic mass is 16.7. The van der Waals surface area contributed by atoms with Crippen LogP contribution in [0, 0.1) is 0 Å². The molecule has 0 saturated heterocycles. The van der Waals surface area contributed by atoms with Gasteiger partial charge in [-0.2, -0.15) is 5.90 Å². The van der Waals surface area contributed by atoms with Crippen molar-refractivity contribution in [1.29, 1.82) is 0 Å². The molecule has 9 heteroatoms. The highest BCUT2D eigenvalue weighted by Crippen LogP contribution is 2.14. The van der Waals surface area contributed by atoms with Crippen molar-refractivity contribution in [2.24, 2.45) is 5.90 Å². The van der Waals surface area contributed by atoms with E-state index in [9.17, 15) is 9.90 Å². The van der Waals surface area contributed by atoms with Crippen molar-refractivity contribution in [1.82, 2.24) is 19.5 Å². The summed E-state index contributed by atoms with van der Waals surface area (Å²) in [6.45, 7) is 0.323. The molecule has 0 aliphatic rings. The molecule has 0 aliphatic carbocycles. The average molecular weight is 252 g/mol. The first-order valence-corrected chi connectivity index (χ1v) is 5.13. The topological polar surface area (TPSA) is 142 Å². The molecule has 0 bridgehead atoms. The van der Waals surface area contributed by atoms with Crippen molar-refractivity contribution in [2.75, 3.05) is 5.73 Å². The molecule has 96 valence electrons. The van der Waals surface area contributed by atoms with Crippen LogP contribution in [0.15, 0.2) is 12.7 Å². The summed E-state index contributed by atoms with van der Waals surface area (Å²) in [5, 5.41) is 9.40. The summed E-state index contributed by atoms with van der Waals surface area (Å²) in [6, 6.07) is 0. The maximum absolute atomic E-state index is 10.9. The first-order valence-electron chi connectivity index (χ1n) is 5.13. The van der Waals surface area contributed by atoms with Gasteiger partial charge in [-0.05, 0) is 0 Å². The van der Waals surface area contributed by atoms with E-state index in [0.29, 0.717) is 17.7 Å². The maximum Gasteiger partial charge on any atom is 0.353 e. The summed E-state index contributed by atoms with van der Waals surface area (Å²) in [7, 11) is 0. The molecule has 1 atom stereocenters. The molecular weight excluding hydrogens is 240 g/mol. The van der Waals surface area contributed by atoms with Crippen molar-refractivity contribution in [2.45, 2.75) is 19.1 Å². The molecule has 0 amide bonds. The minimum absolute atomic E-state index is 0.130. The lowest BCUT2D eigenvalue weighted by atomic mass is 10.2. The van der Waals surface area contributed by atoms with Crippen molar-refractivity contribution < 1.29 is 14.7 Å². The number of aliphatic hydroxyl groups excluding tert-OH is 1. The number of imidazole rings is 1. The Labute approximate surface area is 101 Å². The van der Waals surface area contributed by atoms with Gasteiger partial charge in [0.05, 0.1) is 6.33 Å². The fourth-order valence-electron chi connectivity index (χ4n) is 1.52. The molecule has 18 heavy (non-hydrogen) atoms. The molecule has 5 N–H and O–H groups in total. The SMILES string of the molecule is NOC(=O)C(O)CCn1cnc2c(N)ncnc21. The van der Waals surface area contributed by atoms with Gasteiger partial charge < -0.3 is 20.2 Å². The zero-order chi connectivity index (χ0) is 13.1. The second-order valence-electron chi connectivity index (χ2n) is 3.61. The van der Waals surface area contributed by atoms with E-state index in [1.165, 1.54) is 12.7 Å². The van der Waals surface area contributed by atoms with E-state index in [1.807, 2.05) is 0 Å².